The minimum Gasteiger partial charge on any atom is -0.426 e. The summed E-state index contributed by atoms with van der Waals surface area (Å²) in [7, 11) is 0. The number of hydrogen-bond acceptors (Lipinski definition) is 4. The van der Waals surface area contributed by atoms with Crippen LogP contribution in [-0.4, -0.2) is 11.9 Å². The Bertz CT molecular complexity index is 1080. The van der Waals surface area contributed by atoms with Gasteiger partial charge in [-0.3, -0.25) is 9.59 Å². The number of benzene rings is 2. The molecule has 4 heteroatoms. The molecule has 180 valence electrons. The highest BCUT2D eigenvalue weighted by Crippen LogP contribution is 2.50. The van der Waals surface area contributed by atoms with E-state index in [9.17, 15) is 9.59 Å². The third kappa shape index (κ3) is 4.39. The van der Waals surface area contributed by atoms with Crippen LogP contribution in [0.25, 0.3) is 11.1 Å². The summed E-state index contributed by atoms with van der Waals surface area (Å²) in [5.41, 5.74) is 4.30. The second kappa shape index (κ2) is 9.20. The topological polar surface area (TPSA) is 52.6 Å². The number of carbonyl (C=O) groups excluding carboxylic acids is 2. The van der Waals surface area contributed by atoms with Gasteiger partial charge in [-0.25, -0.2) is 0 Å². The zero-order valence-corrected chi connectivity index (χ0v) is 20.7. The molecule has 0 unspecified atom stereocenters. The van der Waals surface area contributed by atoms with Gasteiger partial charge in [-0.05, 0) is 91.0 Å². The Labute approximate surface area is 203 Å². The molecule has 0 spiro atoms. The predicted molar refractivity (Wildman–Crippen MR) is 133 cm³/mol. The molecule has 3 aliphatic carbocycles. The van der Waals surface area contributed by atoms with Crippen LogP contribution in [-0.2, 0) is 15.0 Å². The Kier molecular flexibility index (Phi) is 6.26. The number of esters is 2. The Morgan fingerprint density at radius 3 is 1.68 bits per heavy atom. The van der Waals surface area contributed by atoms with Gasteiger partial charge < -0.3 is 9.47 Å². The summed E-state index contributed by atoms with van der Waals surface area (Å²) < 4.78 is 11.7. The third-order valence-electron chi connectivity index (χ3n) is 8.34. The van der Waals surface area contributed by atoms with Gasteiger partial charge in [-0.15, -0.1) is 0 Å². The zero-order chi connectivity index (χ0) is 23.9. The van der Waals surface area contributed by atoms with E-state index in [0.717, 1.165) is 73.6 Å². The molecule has 0 saturated heterocycles. The van der Waals surface area contributed by atoms with Crippen LogP contribution in [0.5, 0.6) is 11.5 Å². The highest BCUT2D eigenvalue weighted by atomic mass is 16.5. The molecular formula is C30H36O4. The van der Waals surface area contributed by atoms with E-state index >= 15 is 0 Å². The van der Waals surface area contributed by atoms with E-state index in [0.29, 0.717) is 17.4 Å². The molecule has 5 rings (SSSR count). The fourth-order valence-electron chi connectivity index (χ4n) is 6.06. The molecule has 0 radical (unpaired) electrons. The van der Waals surface area contributed by atoms with Gasteiger partial charge in [0.15, 0.2) is 0 Å². The standard InChI is InChI=1S/C30H36O4/c1-19-9-11-21(12-10-19)29(32)34-23-14-16-25-24-15-13-22(17-26(24)30(2,3)27(25)18-23)33-28(31)20-7-5-4-6-8-20/h13-21H,4-12H2,1-3H3. The molecule has 0 aliphatic heterocycles. The molecule has 2 aromatic carbocycles. The number of rotatable bonds is 4. The molecule has 4 nitrogen and oxygen atoms in total. The molecule has 0 N–H and O–H groups in total. The molecule has 3 aliphatic rings. The summed E-state index contributed by atoms with van der Waals surface area (Å²) in [6.45, 7) is 6.61. The summed E-state index contributed by atoms with van der Waals surface area (Å²) in [6.07, 6.45) is 9.34. The van der Waals surface area contributed by atoms with Crippen molar-refractivity contribution in [2.45, 2.75) is 84.0 Å². The normalized spacial score (nSPS) is 23.6. The van der Waals surface area contributed by atoms with Gasteiger partial charge in [0.05, 0.1) is 11.8 Å². The maximum absolute atomic E-state index is 12.8. The highest BCUT2D eigenvalue weighted by molar-refractivity contribution is 5.83. The van der Waals surface area contributed by atoms with Gasteiger partial charge in [0.2, 0.25) is 0 Å². The van der Waals surface area contributed by atoms with Crippen LogP contribution in [0.2, 0.25) is 0 Å². The first-order chi connectivity index (χ1) is 16.3. The first-order valence-electron chi connectivity index (χ1n) is 13.1. The van der Waals surface area contributed by atoms with Crippen molar-refractivity contribution in [3.63, 3.8) is 0 Å². The molecule has 0 heterocycles. The summed E-state index contributed by atoms with van der Waals surface area (Å²) >= 11 is 0. The molecule has 2 fully saturated rings. The van der Waals surface area contributed by atoms with E-state index in [1.54, 1.807) is 0 Å². The monoisotopic (exact) mass is 460 g/mol. The first kappa shape index (κ1) is 23.1. The lowest BCUT2D eigenvalue weighted by molar-refractivity contribution is -0.141. The average Bonchev–Trinajstić information content (AvgIpc) is 3.06. The van der Waals surface area contributed by atoms with Crippen LogP contribution in [0.3, 0.4) is 0 Å². The zero-order valence-electron chi connectivity index (χ0n) is 20.7. The minimum absolute atomic E-state index is 0.0103. The second-order valence-electron chi connectivity index (χ2n) is 11.2. The van der Waals surface area contributed by atoms with Crippen molar-refractivity contribution in [1.82, 2.24) is 0 Å². The van der Waals surface area contributed by atoms with Crippen LogP contribution >= 0.6 is 0 Å². The lowest BCUT2D eigenvalue weighted by Crippen LogP contribution is -2.25. The van der Waals surface area contributed by atoms with Crippen molar-refractivity contribution < 1.29 is 19.1 Å². The van der Waals surface area contributed by atoms with Crippen LogP contribution in [0, 0.1) is 17.8 Å². The van der Waals surface area contributed by atoms with Gasteiger partial charge in [-0.2, -0.15) is 0 Å². The van der Waals surface area contributed by atoms with Gasteiger partial charge in [-0.1, -0.05) is 52.2 Å². The average molecular weight is 461 g/mol. The molecule has 2 saturated carbocycles. The molecule has 0 aromatic heterocycles. The SMILES string of the molecule is CC1CCC(C(=O)Oc2ccc3c(c2)C(C)(C)c2cc(OC(=O)C4CCCCC4)ccc2-3)CC1. The van der Waals surface area contributed by atoms with Crippen molar-refractivity contribution in [2.24, 2.45) is 17.8 Å². The van der Waals surface area contributed by atoms with E-state index in [-0.39, 0.29) is 29.2 Å². The minimum atomic E-state index is -0.277. The van der Waals surface area contributed by atoms with Crippen molar-refractivity contribution in [2.75, 3.05) is 0 Å². The third-order valence-corrected chi connectivity index (χ3v) is 8.34. The Hall–Kier alpha value is -2.62. The second-order valence-corrected chi connectivity index (χ2v) is 11.2. The van der Waals surface area contributed by atoms with Gasteiger partial charge in [0.1, 0.15) is 11.5 Å². The largest absolute Gasteiger partial charge is 0.426 e. The first-order valence-corrected chi connectivity index (χ1v) is 13.1. The van der Waals surface area contributed by atoms with Crippen LogP contribution in [0.15, 0.2) is 36.4 Å². The fourth-order valence-corrected chi connectivity index (χ4v) is 6.06. The van der Waals surface area contributed by atoms with Crippen molar-refractivity contribution in [3.8, 4) is 22.6 Å². The predicted octanol–water partition coefficient (Wildman–Crippen LogP) is 7.21. The Morgan fingerprint density at radius 1 is 0.706 bits per heavy atom. The number of hydrogen-bond donors (Lipinski definition) is 0. The molecule has 0 amide bonds. The summed E-state index contributed by atoms with van der Waals surface area (Å²) in [4.78, 5) is 25.4. The van der Waals surface area contributed by atoms with Gasteiger partial charge in [0.25, 0.3) is 0 Å². The van der Waals surface area contributed by atoms with E-state index in [1.165, 1.54) is 6.42 Å². The molecule has 2 aromatic rings. The fraction of sp³-hybridized carbons (Fsp3) is 0.533. The maximum Gasteiger partial charge on any atom is 0.314 e. The van der Waals surface area contributed by atoms with Crippen molar-refractivity contribution >= 4 is 11.9 Å². The number of ether oxygens (including phenoxy) is 2. The van der Waals surface area contributed by atoms with Gasteiger partial charge in [0, 0.05) is 5.41 Å². The van der Waals surface area contributed by atoms with E-state index in [1.807, 2.05) is 24.3 Å². The van der Waals surface area contributed by atoms with Gasteiger partial charge >= 0.3 is 11.9 Å². The van der Waals surface area contributed by atoms with E-state index in [2.05, 4.69) is 32.9 Å². The van der Waals surface area contributed by atoms with Crippen LogP contribution in [0.4, 0.5) is 0 Å². The summed E-state index contributed by atoms with van der Waals surface area (Å²) in [5.74, 6) is 1.78. The number of carbonyl (C=O) groups is 2. The van der Waals surface area contributed by atoms with E-state index in [4.69, 9.17) is 9.47 Å². The molecule has 34 heavy (non-hydrogen) atoms. The lowest BCUT2D eigenvalue weighted by atomic mass is 9.82. The molecular weight excluding hydrogens is 424 g/mol. The van der Waals surface area contributed by atoms with Crippen LogP contribution in [0.1, 0.15) is 89.7 Å². The smallest absolute Gasteiger partial charge is 0.314 e. The molecule has 0 atom stereocenters. The number of fused-ring (bicyclic) bond motifs is 3. The summed E-state index contributed by atoms with van der Waals surface area (Å²) in [6, 6.07) is 12.0. The van der Waals surface area contributed by atoms with Crippen molar-refractivity contribution in [3.05, 3.63) is 47.5 Å². The quantitative estimate of drug-likeness (QED) is 0.357. The van der Waals surface area contributed by atoms with Crippen molar-refractivity contribution in [1.29, 1.82) is 0 Å². The lowest BCUT2D eigenvalue weighted by Gasteiger charge is -2.25. The Balaban J connectivity index is 1.33. The highest BCUT2D eigenvalue weighted by Gasteiger charge is 2.37. The molecule has 0 bridgehead atoms. The Morgan fingerprint density at radius 2 is 1.18 bits per heavy atom. The summed E-state index contributed by atoms with van der Waals surface area (Å²) in [5, 5.41) is 0. The maximum atomic E-state index is 12.8. The van der Waals surface area contributed by atoms with E-state index < -0.39 is 0 Å². The van der Waals surface area contributed by atoms with Crippen LogP contribution < -0.4 is 9.47 Å².